The SMILES string of the molecule is CCCCCC(C)C(=O)OC[C@H]1COC(=O)N1. The lowest BCUT2D eigenvalue weighted by Crippen LogP contribution is -2.32. The number of carbonyl (C=O) groups excluding carboxylic acids is 2. The highest BCUT2D eigenvalue weighted by atomic mass is 16.6. The molecule has 0 aromatic carbocycles. The summed E-state index contributed by atoms with van der Waals surface area (Å²) in [5, 5.41) is 2.56. The zero-order valence-corrected chi connectivity index (χ0v) is 10.5. The van der Waals surface area contributed by atoms with Crippen molar-refractivity contribution >= 4 is 12.1 Å². The van der Waals surface area contributed by atoms with Gasteiger partial charge in [0.15, 0.2) is 0 Å². The topological polar surface area (TPSA) is 64.6 Å². The molecule has 0 aromatic rings. The minimum atomic E-state index is -0.443. The Morgan fingerprint density at radius 3 is 2.94 bits per heavy atom. The average Bonchev–Trinajstić information content (AvgIpc) is 2.72. The van der Waals surface area contributed by atoms with Crippen molar-refractivity contribution in [3.8, 4) is 0 Å². The molecule has 5 nitrogen and oxygen atoms in total. The van der Waals surface area contributed by atoms with E-state index in [0.717, 1.165) is 25.7 Å². The van der Waals surface area contributed by atoms with Crippen molar-refractivity contribution in [3.63, 3.8) is 0 Å². The van der Waals surface area contributed by atoms with Crippen molar-refractivity contribution in [1.29, 1.82) is 0 Å². The van der Waals surface area contributed by atoms with Crippen LogP contribution in [-0.2, 0) is 14.3 Å². The van der Waals surface area contributed by atoms with Gasteiger partial charge in [-0.15, -0.1) is 0 Å². The fourth-order valence-electron chi connectivity index (χ4n) is 1.66. The Morgan fingerprint density at radius 1 is 1.59 bits per heavy atom. The summed E-state index contributed by atoms with van der Waals surface area (Å²) in [6.45, 7) is 4.48. The van der Waals surface area contributed by atoms with E-state index < -0.39 is 6.09 Å². The predicted octanol–water partition coefficient (Wildman–Crippen LogP) is 1.85. The number of carbonyl (C=O) groups is 2. The maximum Gasteiger partial charge on any atom is 0.407 e. The van der Waals surface area contributed by atoms with Crippen molar-refractivity contribution in [2.24, 2.45) is 5.92 Å². The number of unbranched alkanes of at least 4 members (excludes halogenated alkanes) is 2. The number of rotatable bonds is 7. The zero-order chi connectivity index (χ0) is 12.7. The van der Waals surface area contributed by atoms with Crippen LogP contribution in [0.25, 0.3) is 0 Å². The van der Waals surface area contributed by atoms with Gasteiger partial charge >= 0.3 is 12.1 Å². The van der Waals surface area contributed by atoms with E-state index in [1.807, 2.05) is 6.92 Å². The van der Waals surface area contributed by atoms with Crippen molar-refractivity contribution in [1.82, 2.24) is 5.32 Å². The normalized spacial score (nSPS) is 20.6. The highest BCUT2D eigenvalue weighted by Crippen LogP contribution is 2.11. The molecule has 1 N–H and O–H groups in total. The van der Waals surface area contributed by atoms with E-state index in [-0.39, 0.29) is 31.1 Å². The zero-order valence-electron chi connectivity index (χ0n) is 10.5. The minimum absolute atomic E-state index is 0.0698. The molecule has 1 fully saturated rings. The maximum absolute atomic E-state index is 11.6. The third-order valence-corrected chi connectivity index (χ3v) is 2.81. The fraction of sp³-hybridized carbons (Fsp3) is 0.833. The minimum Gasteiger partial charge on any atom is -0.463 e. The van der Waals surface area contributed by atoms with Crippen LogP contribution in [0.1, 0.15) is 39.5 Å². The summed E-state index contributed by atoms with van der Waals surface area (Å²) in [5.74, 6) is -0.262. The number of ether oxygens (including phenoxy) is 2. The Hall–Kier alpha value is -1.26. The summed E-state index contributed by atoms with van der Waals surface area (Å²) in [5.41, 5.74) is 0. The Kier molecular flexibility index (Phi) is 5.80. The highest BCUT2D eigenvalue weighted by Gasteiger charge is 2.24. The molecule has 0 saturated carbocycles. The second kappa shape index (κ2) is 7.14. The van der Waals surface area contributed by atoms with E-state index >= 15 is 0 Å². The lowest BCUT2D eigenvalue weighted by atomic mass is 10.0. The smallest absolute Gasteiger partial charge is 0.407 e. The van der Waals surface area contributed by atoms with Crippen LogP contribution >= 0.6 is 0 Å². The number of hydrogen-bond donors (Lipinski definition) is 1. The molecule has 0 spiro atoms. The van der Waals surface area contributed by atoms with E-state index in [1.165, 1.54) is 0 Å². The van der Waals surface area contributed by atoms with E-state index in [1.54, 1.807) is 0 Å². The fourth-order valence-corrected chi connectivity index (χ4v) is 1.66. The molecule has 1 unspecified atom stereocenters. The number of hydrogen-bond acceptors (Lipinski definition) is 4. The molecule has 1 saturated heterocycles. The van der Waals surface area contributed by atoms with Crippen LogP contribution in [0.4, 0.5) is 4.79 Å². The quantitative estimate of drug-likeness (QED) is 0.547. The monoisotopic (exact) mass is 243 g/mol. The molecule has 1 rings (SSSR count). The van der Waals surface area contributed by atoms with E-state index in [4.69, 9.17) is 9.47 Å². The Balaban J connectivity index is 2.13. The summed E-state index contributed by atoms with van der Waals surface area (Å²) in [7, 11) is 0. The second-order valence-electron chi connectivity index (χ2n) is 4.47. The second-order valence-corrected chi connectivity index (χ2v) is 4.47. The standard InChI is InChI=1S/C12H21NO4/c1-3-4-5-6-9(2)11(14)16-7-10-8-17-12(15)13-10/h9-10H,3-8H2,1-2H3,(H,13,15)/t9?,10-/m0/s1. The first-order valence-electron chi connectivity index (χ1n) is 6.23. The van der Waals surface area contributed by atoms with Crippen LogP contribution in [0.5, 0.6) is 0 Å². The summed E-state index contributed by atoms with van der Waals surface area (Å²) in [6.07, 6.45) is 3.76. The molecule has 17 heavy (non-hydrogen) atoms. The van der Waals surface area contributed by atoms with Crippen LogP contribution in [0.15, 0.2) is 0 Å². The molecular weight excluding hydrogens is 222 g/mol. The van der Waals surface area contributed by atoms with Gasteiger partial charge in [0.1, 0.15) is 19.3 Å². The summed E-state index contributed by atoms with van der Waals surface area (Å²) >= 11 is 0. The molecule has 2 atom stereocenters. The van der Waals surface area contributed by atoms with Gasteiger partial charge in [0.2, 0.25) is 0 Å². The van der Waals surface area contributed by atoms with Gasteiger partial charge in [-0.3, -0.25) is 4.79 Å². The van der Waals surface area contributed by atoms with Gasteiger partial charge in [-0.05, 0) is 6.42 Å². The molecule has 98 valence electrons. The first-order chi connectivity index (χ1) is 8.13. The van der Waals surface area contributed by atoms with Crippen LogP contribution < -0.4 is 5.32 Å². The Morgan fingerprint density at radius 2 is 2.35 bits per heavy atom. The van der Waals surface area contributed by atoms with Crippen LogP contribution in [-0.4, -0.2) is 31.3 Å². The molecule has 0 radical (unpaired) electrons. The summed E-state index contributed by atoms with van der Waals surface area (Å²) in [6, 6.07) is -0.200. The molecule has 0 bridgehead atoms. The van der Waals surface area contributed by atoms with Gasteiger partial charge in [-0.1, -0.05) is 33.1 Å². The number of esters is 1. The van der Waals surface area contributed by atoms with Crippen LogP contribution in [0.2, 0.25) is 0 Å². The lowest BCUT2D eigenvalue weighted by molar-refractivity contribution is -0.148. The average molecular weight is 243 g/mol. The maximum atomic E-state index is 11.6. The third kappa shape index (κ3) is 5.06. The van der Waals surface area contributed by atoms with Crippen molar-refractivity contribution in [3.05, 3.63) is 0 Å². The molecule has 5 heteroatoms. The van der Waals surface area contributed by atoms with Crippen molar-refractivity contribution < 1.29 is 19.1 Å². The molecule has 1 aliphatic rings. The molecular formula is C12H21NO4. The molecule has 1 aliphatic heterocycles. The number of cyclic esters (lactones) is 1. The Labute approximate surface area is 102 Å². The van der Waals surface area contributed by atoms with Crippen LogP contribution in [0.3, 0.4) is 0 Å². The van der Waals surface area contributed by atoms with E-state index in [0.29, 0.717) is 0 Å². The third-order valence-electron chi connectivity index (χ3n) is 2.81. The first kappa shape index (κ1) is 13.8. The number of nitrogens with one attached hydrogen (secondary N) is 1. The van der Waals surface area contributed by atoms with E-state index in [2.05, 4.69) is 12.2 Å². The van der Waals surface area contributed by atoms with Gasteiger partial charge < -0.3 is 14.8 Å². The largest absolute Gasteiger partial charge is 0.463 e. The van der Waals surface area contributed by atoms with Gasteiger partial charge in [0.05, 0.1) is 5.92 Å². The van der Waals surface area contributed by atoms with Crippen molar-refractivity contribution in [2.45, 2.75) is 45.6 Å². The van der Waals surface area contributed by atoms with Gasteiger partial charge in [-0.2, -0.15) is 0 Å². The van der Waals surface area contributed by atoms with Crippen molar-refractivity contribution in [2.75, 3.05) is 13.2 Å². The number of alkyl carbamates (subject to hydrolysis) is 1. The van der Waals surface area contributed by atoms with Gasteiger partial charge in [0, 0.05) is 0 Å². The Bertz CT molecular complexity index is 267. The first-order valence-corrected chi connectivity index (χ1v) is 6.23. The van der Waals surface area contributed by atoms with Crippen LogP contribution in [0, 0.1) is 5.92 Å². The van der Waals surface area contributed by atoms with Gasteiger partial charge in [0.25, 0.3) is 0 Å². The van der Waals surface area contributed by atoms with Gasteiger partial charge in [-0.25, -0.2) is 4.79 Å². The molecule has 0 aliphatic carbocycles. The molecule has 1 amide bonds. The van der Waals surface area contributed by atoms with E-state index in [9.17, 15) is 9.59 Å². The summed E-state index contributed by atoms with van der Waals surface area (Å²) < 4.78 is 9.83. The predicted molar refractivity (Wildman–Crippen MR) is 62.5 cm³/mol. The lowest BCUT2D eigenvalue weighted by Gasteiger charge is -2.13. The summed E-state index contributed by atoms with van der Waals surface area (Å²) in [4.78, 5) is 22.3. The molecule has 0 aromatic heterocycles. The molecule has 1 heterocycles. The number of amides is 1. The highest BCUT2D eigenvalue weighted by molar-refractivity contribution is 5.72.